The van der Waals surface area contributed by atoms with Gasteiger partial charge in [0.05, 0.1) is 6.04 Å². The fraction of sp³-hybridized carbons (Fsp3) is 0.455. The second-order valence-electron chi connectivity index (χ2n) is 6.28. The molecular weight excluding hydrogens is 338 g/mol. The Balaban J connectivity index is 0.000000487. The third-order valence-corrected chi connectivity index (χ3v) is 5.13. The van der Waals surface area contributed by atoms with Crippen molar-refractivity contribution in [2.24, 2.45) is 5.73 Å². The molecule has 0 aliphatic rings. The van der Waals surface area contributed by atoms with Crippen molar-refractivity contribution in [2.75, 3.05) is 26.2 Å². The summed E-state index contributed by atoms with van der Waals surface area (Å²) >= 11 is 4.06. The van der Waals surface area contributed by atoms with Gasteiger partial charge in [-0.25, -0.2) is 0 Å². The van der Waals surface area contributed by atoms with Crippen LogP contribution in [0, 0.1) is 0 Å². The Hall–Kier alpha value is -1.33. The van der Waals surface area contributed by atoms with Crippen molar-refractivity contribution in [1.82, 2.24) is 9.21 Å². The third-order valence-electron chi connectivity index (χ3n) is 4.56. The zero-order valence-electron chi connectivity index (χ0n) is 16.7. The van der Waals surface area contributed by atoms with Gasteiger partial charge in [-0.3, -0.25) is 9.21 Å². The molecule has 4 heteroatoms. The number of rotatable bonds is 8. The molecule has 0 amide bonds. The van der Waals surface area contributed by atoms with E-state index in [0.717, 1.165) is 19.6 Å². The number of benzene rings is 2. The fourth-order valence-corrected chi connectivity index (χ4v) is 2.95. The van der Waals surface area contributed by atoms with Crippen LogP contribution >= 0.6 is 12.8 Å². The van der Waals surface area contributed by atoms with E-state index in [-0.39, 0.29) is 6.04 Å². The van der Waals surface area contributed by atoms with Gasteiger partial charge in [-0.2, -0.15) is 0 Å². The van der Waals surface area contributed by atoms with Crippen LogP contribution < -0.4 is 5.73 Å². The van der Waals surface area contributed by atoms with E-state index in [0.29, 0.717) is 12.6 Å². The van der Waals surface area contributed by atoms with E-state index in [1.165, 1.54) is 11.1 Å². The van der Waals surface area contributed by atoms with Crippen LogP contribution in [0.3, 0.4) is 0 Å². The highest BCUT2D eigenvalue weighted by molar-refractivity contribution is 7.77. The van der Waals surface area contributed by atoms with Gasteiger partial charge in [0.15, 0.2) is 0 Å². The molecule has 3 nitrogen and oxygen atoms in total. The molecule has 144 valence electrons. The third kappa shape index (κ3) is 7.12. The summed E-state index contributed by atoms with van der Waals surface area (Å²) < 4.78 is 1.94. The molecule has 2 aromatic rings. The number of thiol groups is 1. The van der Waals surface area contributed by atoms with Crippen molar-refractivity contribution < 1.29 is 0 Å². The summed E-state index contributed by atoms with van der Waals surface area (Å²) in [5.41, 5.74) is 8.54. The molecule has 2 aromatic carbocycles. The van der Waals surface area contributed by atoms with Crippen LogP contribution in [0.2, 0.25) is 0 Å². The van der Waals surface area contributed by atoms with Gasteiger partial charge >= 0.3 is 0 Å². The van der Waals surface area contributed by atoms with Gasteiger partial charge in [0.25, 0.3) is 0 Å². The van der Waals surface area contributed by atoms with Crippen molar-refractivity contribution in [1.29, 1.82) is 0 Å². The molecular formula is C22H35N3S. The van der Waals surface area contributed by atoms with Crippen molar-refractivity contribution in [3.8, 4) is 0 Å². The van der Waals surface area contributed by atoms with E-state index >= 15 is 0 Å². The smallest absolute Gasteiger partial charge is 0.0604 e. The Morgan fingerprint density at radius 2 is 1.23 bits per heavy atom. The average Bonchev–Trinajstić information content (AvgIpc) is 2.72. The van der Waals surface area contributed by atoms with E-state index in [4.69, 9.17) is 5.73 Å². The summed E-state index contributed by atoms with van der Waals surface area (Å²) in [6, 6.07) is 21.9. The van der Waals surface area contributed by atoms with Gasteiger partial charge < -0.3 is 5.73 Å². The van der Waals surface area contributed by atoms with Crippen LogP contribution in [0.5, 0.6) is 0 Å². The second kappa shape index (κ2) is 12.9. The van der Waals surface area contributed by atoms with Crippen LogP contribution in [0.1, 0.15) is 44.9 Å². The van der Waals surface area contributed by atoms with Gasteiger partial charge in [-0.15, -0.1) is 0 Å². The SMILES string of the molecule is CCN(C(C)CN)C(c1ccccc1)c1ccccc1.CCN(S)CC. The Bertz CT molecular complexity index is 533. The minimum Gasteiger partial charge on any atom is -0.329 e. The molecule has 26 heavy (non-hydrogen) atoms. The molecule has 0 radical (unpaired) electrons. The van der Waals surface area contributed by atoms with Crippen LogP contribution in [0.15, 0.2) is 60.7 Å². The van der Waals surface area contributed by atoms with E-state index in [9.17, 15) is 0 Å². The van der Waals surface area contributed by atoms with Crippen molar-refractivity contribution in [2.45, 2.75) is 39.8 Å². The molecule has 2 N–H and O–H groups in total. The lowest BCUT2D eigenvalue weighted by molar-refractivity contribution is 0.180. The van der Waals surface area contributed by atoms with E-state index < -0.39 is 0 Å². The Morgan fingerprint density at radius 1 is 0.808 bits per heavy atom. The van der Waals surface area contributed by atoms with E-state index in [1.54, 1.807) is 0 Å². The van der Waals surface area contributed by atoms with Crippen LogP contribution in [0.25, 0.3) is 0 Å². The number of hydrogen-bond donors (Lipinski definition) is 2. The molecule has 0 aliphatic carbocycles. The van der Waals surface area contributed by atoms with Gasteiger partial charge in [0.2, 0.25) is 0 Å². The van der Waals surface area contributed by atoms with Crippen LogP contribution in [0.4, 0.5) is 0 Å². The molecule has 0 bridgehead atoms. The first-order valence-corrected chi connectivity index (χ1v) is 9.98. The Labute approximate surface area is 165 Å². The largest absolute Gasteiger partial charge is 0.329 e. The standard InChI is InChI=1S/C18H24N2.C4H11NS/c1-3-20(15(2)14-19)18(16-10-6-4-7-11-16)17-12-8-5-9-13-17;1-3-5(6)4-2/h4-13,15,18H,3,14,19H2,1-2H3;6H,3-4H2,1-2H3. The minimum atomic E-state index is 0.265. The van der Waals surface area contributed by atoms with E-state index in [2.05, 4.69) is 106 Å². The zero-order valence-corrected chi connectivity index (χ0v) is 17.6. The lowest BCUT2D eigenvalue weighted by Crippen LogP contribution is -2.41. The maximum absolute atomic E-state index is 5.90. The summed E-state index contributed by atoms with van der Waals surface area (Å²) in [6.07, 6.45) is 0. The molecule has 0 aliphatic heterocycles. The Kier molecular flexibility index (Phi) is 11.3. The summed E-state index contributed by atoms with van der Waals surface area (Å²) in [6.45, 7) is 12.3. The molecule has 1 atom stereocenters. The first-order valence-electron chi connectivity index (χ1n) is 9.58. The molecule has 0 saturated carbocycles. The van der Waals surface area contributed by atoms with E-state index in [1.807, 2.05) is 4.31 Å². The molecule has 0 heterocycles. The van der Waals surface area contributed by atoms with Crippen molar-refractivity contribution in [3.05, 3.63) is 71.8 Å². The number of nitrogens with two attached hydrogens (primary N) is 1. The molecule has 0 saturated heterocycles. The molecule has 0 spiro atoms. The monoisotopic (exact) mass is 373 g/mol. The summed E-state index contributed by atoms with van der Waals surface area (Å²) in [5.74, 6) is 0. The average molecular weight is 374 g/mol. The molecule has 2 rings (SSSR count). The minimum absolute atomic E-state index is 0.265. The predicted molar refractivity (Wildman–Crippen MR) is 118 cm³/mol. The highest BCUT2D eigenvalue weighted by atomic mass is 32.1. The molecule has 1 unspecified atom stereocenters. The highest BCUT2D eigenvalue weighted by Gasteiger charge is 2.24. The maximum atomic E-state index is 5.90. The Morgan fingerprint density at radius 3 is 1.50 bits per heavy atom. The number of likely N-dealkylation sites (N-methyl/N-ethyl adjacent to an activating group) is 1. The second-order valence-corrected chi connectivity index (χ2v) is 6.84. The van der Waals surface area contributed by atoms with Crippen LogP contribution in [-0.4, -0.2) is 41.4 Å². The summed E-state index contributed by atoms with van der Waals surface area (Å²) in [5, 5.41) is 0. The zero-order chi connectivity index (χ0) is 19.4. The molecule has 0 aromatic heterocycles. The lowest BCUT2D eigenvalue weighted by Gasteiger charge is -2.36. The van der Waals surface area contributed by atoms with Crippen LogP contribution in [-0.2, 0) is 0 Å². The van der Waals surface area contributed by atoms with Gasteiger partial charge in [0, 0.05) is 25.7 Å². The predicted octanol–water partition coefficient (Wildman–Crippen LogP) is 4.62. The summed E-state index contributed by atoms with van der Waals surface area (Å²) in [4.78, 5) is 2.46. The van der Waals surface area contributed by atoms with Gasteiger partial charge in [-0.05, 0) is 24.6 Å². The highest BCUT2D eigenvalue weighted by Crippen LogP contribution is 2.29. The molecule has 0 fully saturated rings. The number of hydrogen-bond acceptors (Lipinski definition) is 4. The quantitative estimate of drug-likeness (QED) is 0.662. The summed E-state index contributed by atoms with van der Waals surface area (Å²) in [7, 11) is 0. The van der Waals surface area contributed by atoms with Crippen molar-refractivity contribution in [3.63, 3.8) is 0 Å². The fourth-order valence-electron chi connectivity index (χ4n) is 2.95. The van der Waals surface area contributed by atoms with Gasteiger partial charge in [-0.1, -0.05) is 94.2 Å². The lowest BCUT2D eigenvalue weighted by atomic mass is 9.96. The first kappa shape index (κ1) is 22.7. The maximum Gasteiger partial charge on any atom is 0.0604 e. The van der Waals surface area contributed by atoms with Gasteiger partial charge in [0.1, 0.15) is 0 Å². The first-order chi connectivity index (χ1) is 12.6. The van der Waals surface area contributed by atoms with Crippen molar-refractivity contribution >= 4 is 12.8 Å². The number of nitrogens with zero attached hydrogens (tertiary/aromatic N) is 2. The topological polar surface area (TPSA) is 32.5 Å². The normalized spacial score (nSPS) is 12.2.